The Labute approximate surface area is 119 Å². The van der Waals surface area contributed by atoms with Gasteiger partial charge in [0.05, 0.1) is 0 Å². The van der Waals surface area contributed by atoms with E-state index in [2.05, 4.69) is 25.2 Å². The molecule has 3 heteroatoms. The second kappa shape index (κ2) is 7.06. The van der Waals surface area contributed by atoms with E-state index in [9.17, 15) is 4.39 Å². The van der Waals surface area contributed by atoms with E-state index in [1.54, 1.807) is 12.1 Å². The Balaban J connectivity index is 2.14. The van der Waals surface area contributed by atoms with E-state index < -0.39 is 0 Å². The van der Waals surface area contributed by atoms with Gasteiger partial charge in [-0.05, 0) is 54.9 Å². The van der Waals surface area contributed by atoms with Crippen molar-refractivity contribution in [1.82, 2.24) is 5.32 Å². The summed E-state index contributed by atoms with van der Waals surface area (Å²) in [6.45, 7) is 5.18. The molecule has 0 fully saturated rings. The highest BCUT2D eigenvalue weighted by Crippen LogP contribution is 2.25. The average Bonchev–Trinajstić information content (AvgIpc) is 2.47. The summed E-state index contributed by atoms with van der Waals surface area (Å²) in [6, 6.07) is 14.4. The number of ether oxygens (including phenoxy) is 1. The first-order valence-corrected chi connectivity index (χ1v) is 6.99. The van der Waals surface area contributed by atoms with Crippen LogP contribution in [-0.4, -0.2) is 6.54 Å². The molecule has 2 nitrogen and oxygen atoms in total. The zero-order chi connectivity index (χ0) is 14.4. The van der Waals surface area contributed by atoms with Crippen molar-refractivity contribution >= 4 is 0 Å². The van der Waals surface area contributed by atoms with Crippen molar-refractivity contribution in [3.05, 3.63) is 59.9 Å². The van der Waals surface area contributed by atoms with Crippen LogP contribution in [0.4, 0.5) is 4.39 Å². The van der Waals surface area contributed by atoms with Crippen LogP contribution in [0.2, 0.25) is 0 Å². The van der Waals surface area contributed by atoms with Crippen molar-refractivity contribution in [1.29, 1.82) is 0 Å². The number of hydrogen-bond acceptors (Lipinski definition) is 2. The molecule has 2 rings (SSSR count). The Morgan fingerprint density at radius 2 is 1.80 bits per heavy atom. The van der Waals surface area contributed by atoms with E-state index in [-0.39, 0.29) is 5.82 Å². The van der Waals surface area contributed by atoms with Crippen LogP contribution in [0.5, 0.6) is 11.5 Å². The van der Waals surface area contributed by atoms with Crippen LogP contribution in [0.15, 0.2) is 48.5 Å². The molecule has 0 amide bonds. The molecule has 0 spiro atoms. The fourth-order valence-electron chi connectivity index (χ4n) is 2.18. The molecule has 0 saturated heterocycles. The largest absolute Gasteiger partial charge is 0.457 e. The summed E-state index contributed by atoms with van der Waals surface area (Å²) >= 11 is 0. The van der Waals surface area contributed by atoms with E-state index in [4.69, 9.17) is 4.74 Å². The van der Waals surface area contributed by atoms with Gasteiger partial charge >= 0.3 is 0 Å². The highest BCUT2D eigenvalue weighted by Gasteiger charge is 2.08. The van der Waals surface area contributed by atoms with Crippen LogP contribution in [0.1, 0.15) is 31.9 Å². The lowest BCUT2D eigenvalue weighted by Crippen LogP contribution is -2.19. The maximum Gasteiger partial charge on any atom is 0.127 e. The fourth-order valence-corrected chi connectivity index (χ4v) is 2.18. The maximum atomic E-state index is 12.9. The molecule has 0 aliphatic heterocycles. The molecule has 0 aromatic heterocycles. The second-order valence-electron chi connectivity index (χ2n) is 4.65. The molecule has 1 atom stereocenters. The van der Waals surface area contributed by atoms with Crippen molar-refractivity contribution in [2.75, 3.05) is 6.54 Å². The molecular formula is C17H20FNO. The normalized spacial score (nSPS) is 12.2. The zero-order valence-electron chi connectivity index (χ0n) is 11.9. The minimum absolute atomic E-state index is 0.260. The minimum Gasteiger partial charge on any atom is -0.457 e. The van der Waals surface area contributed by atoms with Gasteiger partial charge < -0.3 is 10.1 Å². The highest BCUT2D eigenvalue weighted by atomic mass is 19.1. The first kappa shape index (κ1) is 14.5. The SMILES string of the molecule is CCNC(CC)c1cccc(Oc2ccc(F)cc2)c1. The van der Waals surface area contributed by atoms with Gasteiger partial charge in [0.2, 0.25) is 0 Å². The third-order valence-electron chi connectivity index (χ3n) is 3.17. The Hall–Kier alpha value is -1.87. The van der Waals surface area contributed by atoms with Crippen LogP contribution in [0, 0.1) is 5.82 Å². The smallest absolute Gasteiger partial charge is 0.127 e. The van der Waals surface area contributed by atoms with Crippen molar-refractivity contribution in [3.63, 3.8) is 0 Å². The number of benzene rings is 2. The van der Waals surface area contributed by atoms with Crippen LogP contribution in [0.3, 0.4) is 0 Å². The average molecular weight is 273 g/mol. The Kier molecular flexibility index (Phi) is 5.13. The first-order valence-electron chi connectivity index (χ1n) is 6.99. The Bertz CT molecular complexity index is 539. The summed E-state index contributed by atoms with van der Waals surface area (Å²) in [7, 11) is 0. The van der Waals surface area contributed by atoms with Crippen LogP contribution >= 0.6 is 0 Å². The molecule has 1 N–H and O–H groups in total. The number of halogens is 1. The van der Waals surface area contributed by atoms with Gasteiger partial charge in [-0.2, -0.15) is 0 Å². The summed E-state index contributed by atoms with van der Waals surface area (Å²) in [5.41, 5.74) is 1.20. The molecule has 0 aliphatic carbocycles. The fraction of sp³-hybridized carbons (Fsp3) is 0.294. The van der Waals surface area contributed by atoms with E-state index in [1.165, 1.54) is 17.7 Å². The summed E-state index contributed by atoms with van der Waals surface area (Å²) < 4.78 is 18.6. The summed E-state index contributed by atoms with van der Waals surface area (Å²) in [4.78, 5) is 0. The van der Waals surface area contributed by atoms with Gasteiger partial charge in [-0.25, -0.2) is 4.39 Å². The van der Waals surface area contributed by atoms with E-state index >= 15 is 0 Å². The van der Waals surface area contributed by atoms with Gasteiger partial charge in [0.15, 0.2) is 0 Å². The predicted octanol–water partition coefficient (Wildman–Crippen LogP) is 4.68. The monoisotopic (exact) mass is 273 g/mol. The highest BCUT2D eigenvalue weighted by molar-refractivity contribution is 5.35. The maximum absolute atomic E-state index is 12.9. The first-order chi connectivity index (χ1) is 9.72. The summed E-state index contributed by atoms with van der Waals surface area (Å²) in [5.74, 6) is 1.15. The van der Waals surface area contributed by atoms with E-state index in [0.717, 1.165) is 18.7 Å². The van der Waals surface area contributed by atoms with Gasteiger partial charge in [0, 0.05) is 6.04 Å². The lowest BCUT2D eigenvalue weighted by atomic mass is 10.0. The summed E-state index contributed by atoms with van der Waals surface area (Å²) in [6.07, 6.45) is 1.02. The topological polar surface area (TPSA) is 21.3 Å². The van der Waals surface area contributed by atoms with Gasteiger partial charge in [0.1, 0.15) is 17.3 Å². The van der Waals surface area contributed by atoms with Crippen LogP contribution in [0.25, 0.3) is 0 Å². The number of hydrogen-bond donors (Lipinski definition) is 1. The molecule has 1 unspecified atom stereocenters. The van der Waals surface area contributed by atoms with Gasteiger partial charge in [-0.1, -0.05) is 26.0 Å². The Morgan fingerprint density at radius 3 is 2.45 bits per heavy atom. The number of rotatable bonds is 6. The lowest BCUT2D eigenvalue weighted by Gasteiger charge is -2.17. The van der Waals surface area contributed by atoms with Crippen molar-refractivity contribution in [2.45, 2.75) is 26.3 Å². The molecular weight excluding hydrogens is 253 g/mol. The molecule has 0 saturated carbocycles. The zero-order valence-corrected chi connectivity index (χ0v) is 11.9. The summed E-state index contributed by atoms with van der Waals surface area (Å²) in [5, 5.41) is 3.44. The minimum atomic E-state index is -0.260. The molecule has 0 aliphatic rings. The Morgan fingerprint density at radius 1 is 1.05 bits per heavy atom. The van der Waals surface area contributed by atoms with Crippen LogP contribution < -0.4 is 10.1 Å². The molecule has 20 heavy (non-hydrogen) atoms. The second-order valence-corrected chi connectivity index (χ2v) is 4.65. The molecule has 0 bridgehead atoms. The third kappa shape index (κ3) is 3.81. The molecule has 2 aromatic carbocycles. The van der Waals surface area contributed by atoms with Crippen molar-refractivity contribution < 1.29 is 9.13 Å². The standard InChI is InChI=1S/C17H20FNO/c1-3-17(19-4-2)13-6-5-7-16(12-13)20-15-10-8-14(18)9-11-15/h5-12,17,19H,3-4H2,1-2H3. The van der Waals surface area contributed by atoms with Gasteiger partial charge in [-0.3, -0.25) is 0 Å². The number of nitrogens with one attached hydrogen (secondary N) is 1. The van der Waals surface area contributed by atoms with E-state index in [1.807, 2.05) is 18.2 Å². The molecule has 0 heterocycles. The quantitative estimate of drug-likeness (QED) is 0.825. The molecule has 106 valence electrons. The lowest BCUT2D eigenvalue weighted by molar-refractivity contribution is 0.476. The van der Waals surface area contributed by atoms with Gasteiger partial charge in [-0.15, -0.1) is 0 Å². The van der Waals surface area contributed by atoms with Gasteiger partial charge in [0.25, 0.3) is 0 Å². The van der Waals surface area contributed by atoms with Crippen molar-refractivity contribution in [2.24, 2.45) is 0 Å². The third-order valence-corrected chi connectivity index (χ3v) is 3.17. The molecule has 2 aromatic rings. The van der Waals surface area contributed by atoms with E-state index in [0.29, 0.717) is 11.8 Å². The van der Waals surface area contributed by atoms with Crippen LogP contribution in [-0.2, 0) is 0 Å². The van der Waals surface area contributed by atoms with Crippen molar-refractivity contribution in [3.8, 4) is 11.5 Å². The predicted molar refractivity (Wildman–Crippen MR) is 79.6 cm³/mol. The molecule has 0 radical (unpaired) electrons.